The van der Waals surface area contributed by atoms with Crippen molar-refractivity contribution in [1.29, 1.82) is 0 Å². The second-order valence-electron chi connectivity index (χ2n) is 12.8. The number of furan rings is 1. The van der Waals surface area contributed by atoms with Crippen LogP contribution in [0.1, 0.15) is 0 Å². The fraction of sp³-hybridized carbons (Fsp3) is 0. The number of para-hydroxylation sites is 3. The normalized spacial score (nSPS) is 11.9. The summed E-state index contributed by atoms with van der Waals surface area (Å²) in [5.74, 6) is 1.91. The Labute approximate surface area is 295 Å². The molecular weight excluding hydrogens is 645 g/mol. The topological polar surface area (TPSA) is 56.7 Å². The van der Waals surface area contributed by atoms with Crippen molar-refractivity contribution in [2.24, 2.45) is 0 Å². The van der Waals surface area contributed by atoms with Gasteiger partial charge in [-0.05, 0) is 60.7 Å². The van der Waals surface area contributed by atoms with Crippen LogP contribution in [0.15, 0.2) is 162 Å². The van der Waals surface area contributed by atoms with Crippen LogP contribution in [0.3, 0.4) is 0 Å². The highest BCUT2D eigenvalue weighted by atomic mass is 32.1. The Hall–Kier alpha value is -6.63. The molecule has 0 N–H and O–H groups in total. The fourth-order valence-electron chi connectivity index (χ4n) is 7.51. The van der Waals surface area contributed by atoms with E-state index in [1.54, 1.807) is 11.3 Å². The molecule has 0 aliphatic carbocycles. The summed E-state index contributed by atoms with van der Waals surface area (Å²) in [5, 5.41) is 7.02. The van der Waals surface area contributed by atoms with Gasteiger partial charge in [0, 0.05) is 64.1 Å². The smallest absolute Gasteiger partial charge is 0.165 e. The van der Waals surface area contributed by atoms with E-state index >= 15 is 0 Å². The summed E-state index contributed by atoms with van der Waals surface area (Å²) in [6.45, 7) is 0. The van der Waals surface area contributed by atoms with Crippen LogP contribution < -0.4 is 0 Å². The van der Waals surface area contributed by atoms with Crippen LogP contribution in [-0.2, 0) is 0 Å². The van der Waals surface area contributed by atoms with E-state index in [4.69, 9.17) is 19.4 Å². The highest BCUT2D eigenvalue weighted by Crippen LogP contribution is 2.42. The Bertz CT molecular complexity index is 3100. The van der Waals surface area contributed by atoms with Gasteiger partial charge in [-0.3, -0.25) is 0 Å². The standard InChI is InChI=1S/C45H26N4OS/c1-2-11-27(12-3-1)43-46-44(28-21-23-40-35(25-28)32-15-6-9-20-39(32)50-40)48-45(47-43)34-17-10-16-33-36-26-29(22-24-41(36)51-42(33)34)49-37-18-7-4-13-30(37)31-14-5-8-19-38(31)49/h1-26H. The minimum Gasteiger partial charge on any atom is -0.456 e. The van der Waals surface area contributed by atoms with Gasteiger partial charge in [0.25, 0.3) is 0 Å². The summed E-state index contributed by atoms with van der Waals surface area (Å²) in [6, 6.07) is 55.0. The molecule has 0 aliphatic rings. The summed E-state index contributed by atoms with van der Waals surface area (Å²) < 4.78 is 10.9. The summed E-state index contributed by atoms with van der Waals surface area (Å²) in [4.78, 5) is 15.3. The van der Waals surface area contributed by atoms with Gasteiger partial charge < -0.3 is 8.98 Å². The van der Waals surface area contributed by atoms with Gasteiger partial charge in [0.1, 0.15) is 11.2 Å². The van der Waals surface area contributed by atoms with Crippen LogP contribution in [0.5, 0.6) is 0 Å². The molecule has 51 heavy (non-hydrogen) atoms. The van der Waals surface area contributed by atoms with Gasteiger partial charge in [0.05, 0.1) is 11.0 Å². The molecule has 0 bridgehead atoms. The lowest BCUT2D eigenvalue weighted by molar-refractivity contribution is 0.669. The maximum Gasteiger partial charge on any atom is 0.165 e. The van der Waals surface area contributed by atoms with E-state index in [2.05, 4.69) is 102 Å². The lowest BCUT2D eigenvalue weighted by Crippen LogP contribution is -2.00. The van der Waals surface area contributed by atoms with Crippen molar-refractivity contribution in [2.45, 2.75) is 0 Å². The third kappa shape index (κ3) is 4.37. The van der Waals surface area contributed by atoms with Gasteiger partial charge in [0.15, 0.2) is 17.5 Å². The Morgan fingerprint density at radius 1 is 0.431 bits per heavy atom. The molecule has 0 saturated carbocycles. The van der Waals surface area contributed by atoms with Crippen LogP contribution in [-0.4, -0.2) is 19.5 Å². The first-order chi connectivity index (χ1) is 25.3. The van der Waals surface area contributed by atoms with E-state index in [1.165, 1.54) is 37.3 Å². The van der Waals surface area contributed by atoms with Crippen molar-refractivity contribution < 1.29 is 4.42 Å². The molecule has 5 nitrogen and oxygen atoms in total. The number of thiophene rings is 1. The van der Waals surface area contributed by atoms with E-state index in [-0.39, 0.29) is 0 Å². The highest BCUT2D eigenvalue weighted by molar-refractivity contribution is 7.26. The van der Waals surface area contributed by atoms with Crippen molar-refractivity contribution in [2.75, 3.05) is 0 Å². The van der Waals surface area contributed by atoms with Crippen LogP contribution in [0, 0.1) is 0 Å². The SMILES string of the molecule is c1ccc(-c2nc(-c3ccc4oc5ccccc5c4c3)nc(-c3cccc4c3sc3ccc(-n5c6ccccc6c6ccccc65)cc34)n2)cc1. The second-order valence-corrected chi connectivity index (χ2v) is 13.9. The monoisotopic (exact) mass is 670 g/mol. The predicted molar refractivity (Wildman–Crippen MR) is 211 cm³/mol. The van der Waals surface area contributed by atoms with Crippen LogP contribution in [0.4, 0.5) is 0 Å². The molecule has 4 aromatic heterocycles. The fourth-order valence-corrected chi connectivity index (χ4v) is 8.70. The quantitative estimate of drug-likeness (QED) is 0.187. The van der Waals surface area contributed by atoms with Crippen LogP contribution in [0.25, 0.3) is 104 Å². The Kier molecular flexibility index (Phi) is 6.05. The molecule has 4 heterocycles. The molecule has 11 aromatic rings. The Morgan fingerprint density at radius 2 is 1.08 bits per heavy atom. The molecule has 0 radical (unpaired) electrons. The first kappa shape index (κ1) is 28.2. The van der Waals surface area contributed by atoms with E-state index < -0.39 is 0 Å². The van der Waals surface area contributed by atoms with Crippen molar-refractivity contribution in [3.8, 4) is 39.9 Å². The number of benzene rings is 7. The summed E-state index contributed by atoms with van der Waals surface area (Å²) >= 11 is 1.78. The molecule has 238 valence electrons. The number of nitrogens with zero attached hydrogens (tertiary/aromatic N) is 4. The zero-order valence-corrected chi connectivity index (χ0v) is 27.9. The number of aromatic nitrogens is 4. The average Bonchev–Trinajstić information content (AvgIpc) is 3.87. The van der Waals surface area contributed by atoms with Crippen molar-refractivity contribution >= 4 is 75.3 Å². The van der Waals surface area contributed by atoms with Crippen LogP contribution >= 0.6 is 11.3 Å². The maximum atomic E-state index is 6.13. The first-order valence-corrected chi connectivity index (χ1v) is 17.8. The van der Waals surface area contributed by atoms with E-state index in [1.807, 2.05) is 60.7 Å². The highest BCUT2D eigenvalue weighted by Gasteiger charge is 2.19. The largest absolute Gasteiger partial charge is 0.456 e. The second kappa shape index (κ2) is 10.9. The number of fused-ring (bicyclic) bond motifs is 9. The zero-order chi connectivity index (χ0) is 33.5. The van der Waals surface area contributed by atoms with Crippen molar-refractivity contribution in [3.05, 3.63) is 158 Å². The predicted octanol–water partition coefficient (Wildman–Crippen LogP) is 12.2. The molecule has 0 saturated heterocycles. The van der Waals surface area contributed by atoms with E-state index in [0.717, 1.165) is 49.0 Å². The van der Waals surface area contributed by atoms with Gasteiger partial charge >= 0.3 is 0 Å². The molecule has 0 atom stereocenters. The molecule has 0 unspecified atom stereocenters. The molecule has 7 aromatic carbocycles. The van der Waals surface area contributed by atoms with E-state index in [0.29, 0.717) is 17.5 Å². The summed E-state index contributed by atoms with van der Waals surface area (Å²) in [6.07, 6.45) is 0. The summed E-state index contributed by atoms with van der Waals surface area (Å²) in [7, 11) is 0. The van der Waals surface area contributed by atoms with Crippen molar-refractivity contribution in [3.63, 3.8) is 0 Å². The zero-order valence-electron chi connectivity index (χ0n) is 27.1. The molecule has 0 spiro atoms. The van der Waals surface area contributed by atoms with Gasteiger partial charge in [-0.15, -0.1) is 11.3 Å². The van der Waals surface area contributed by atoms with Gasteiger partial charge in [-0.2, -0.15) is 0 Å². The third-order valence-corrected chi connectivity index (χ3v) is 11.1. The molecule has 6 heteroatoms. The lowest BCUT2D eigenvalue weighted by atomic mass is 10.1. The minimum atomic E-state index is 0.623. The first-order valence-electron chi connectivity index (χ1n) is 16.9. The molecular formula is C45H26N4OS. The number of hydrogen-bond acceptors (Lipinski definition) is 5. The van der Waals surface area contributed by atoms with E-state index in [9.17, 15) is 0 Å². The average molecular weight is 671 g/mol. The summed E-state index contributed by atoms with van der Waals surface area (Å²) in [5.41, 5.74) is 8.09. The third-order valence-electron chi connectivity index (χ3n) is 9.86. The van der Waals surface area contributed by atoms with Crippen molar-refractivity contribution in [1.82, 2.24) is 19.5 Å². The Morgan fingerprint density at radius 3 is 1.88 bits per heavy atom. The molecule has 0 fully saturated rings. The Balaban J connectivity index is 1.11. The van der Waals surface area contributed by atoms with Crippen LogP contribution in [0.2, 0.25) is 0 Å². The van der Waals surface area contributed by atoms with Gasteiger partial charge in [-0.1, -0.05) is 97.1 Å². The van der Waals surface area contributed by atoms with Gasteiger partial charge in [0.2, 0.25) is 0 Å². The molecule has 11 rings (SSSR count). The molecule has 0 aliphatic heterocycles. The maximum absolute atomic E-state index is 6.13. The number of rotatable bonds is 4. The minimum absolute atomic E-state index is 0.623. The lowest BCUT2D eigenvalue weighted by Gasteiger charge is -2.09. The van der Waals surface area contributed by atoms with Gasteiger partial charge in [-0.25, -0.2) is 15.0 Å². The number of hydrogen-bond donors (Lipinski definition) is 0. The molecule has 0 amide bonds.